The number of para-hydroxylation sites is 1. The van der Waals surface area contributed by atoms with Gasteiger partial charge in [-0.25, -0.2) is 9.67 Å². The smallest absolute Gasteiger partial charge is 0.292 e. The van der Waals surface area contributed by atoms with Gasteiger partial charge >= 0.3 is 0 Å². The van der Waals surface area contributed by atoms with Gasteiger partial charge in [-0.1, -0.05) is 37.1 Å². The van der Waals surface area contributed by atoms with Crippen LogP contribution in [-0.4, -0.2) is 39.5 Å². The summed E-state index contributed by atoms with van der Waals surface area (Å²) >= 11 is 0. The van der Waals surface area contributed by atoms with Gasteiger partial charge < -0.3 is 10.2 Å². The van der Waals surface area contributed by atoms with Gasteiger partial charge in [-0.15, -0.1) is 0 Å². The van der Waals surface area contributed by atoms with Crippen molar-refractivity contribution in [1.82, 2.24) is 20.1 Å². The first-order valence-corrected chi connectivity index (χ1v) is 11.2. The van der Waals surface area contributed by atoms with Gasteiger partial charge in [0.1, 0.15) is 5.82 Å². The quantitative estimate of drug-likeness (QED) is 0.475. The molecule has 0 aliphatic carbocycles. The highest BCUT2D eigenvalue weighted by atomic mass is 16.2. The molecule has 32 heavy (non-hydrogen) atoms. The number of rotatable bonds is 6. The lowest BCUT2D eigenvalue weighted by Gasteiger charge is -2.21. The van der Waals surface area contributed by atoms with Crippen LogP contribution in [0.15, 0.2) is 48.7 Å². The van der Waals surface area contributed by atoms with Crippen LogP contribution in [0.2, 0.25) is 0 Å². The number of aromatic nitrogens is 3. The predicted molar refractivity (Wildman–Crippen MR) is 124 cm³/mol. The Hall–Kier alpha value is -3.48. The molecular weight excluding hydrogens is 402 g/mol. The van der Waals surface area contributed by atoms with E-state index in [0.29, 0.717) is 17.0 Å². The Morgan fingerprint density at radius 1 is 0.969 bits per heavy atom. The molecule has 7 heteroatoms. The second-order valence-corrected chi connectivity index (χ2v) is 8.23. The van der Waals surface area contributed by atoms with Crippen LogP contribution in [0.5, 0.6) is 0 Å². The largest absolute Gasteiger partial charge is 0.357 e. The number of benzene rings is 1. The molecule has 3 heterocycles. The van der Waals surface area contributed by atoms with E-state index in [1.165, 1.54) is 25.7 Å². The fourth-order valence-corrected chi connectivity index (χ4v) is 4.18. The van der Waals surface area contributed by atoms with E-state index in [0.717, 1.165) is 30.2 Å². The first-order valence-electron chi connectivity index (χ1n) is 11.2. The zero-order valence-electron chi connectivity index (χ0n) is 18.7. The number of ketones is 1. The van der Waals surface area contributed by atoms with Crippen molar-refractivity contribution in [1.29, 1.82) is 0 Å². The van der Waals surface area contributed by atoms with Crippen LogP contribution >= 0.6 is 0 Å². The van der Waals surface area contributed by atoms with E-state index in [1.54, 1.807) is 24.7 Å². The fourth-order valence-electron chi connectivity index (χ4n) is 4.18. The van der Waals surface area contributed by atoms with Crippen molar-refractivity contribution >= 4 is 17.5 Å². The third-order valence-corrected chi connectivity index (χ3v) is 5.92. The molecule has 7 nitrogen and oxygen atoms in total. The first kappa shape index (κ1) is 21.7. The van der Waals surface area contributed by atoms with Gasteiger partial charge in [0.2, 0.25) is 0 Å². The van der Waals surface area contributed by atoms with Gasteiger partial charge in [-0.2, -0.15) is 5.10 Å². The number of carbonyl (C=O) groups is 2. The normalized spacial score (nSPS) is 14.1. The van der Waals surface area contributed by atoms with E-state index in [-0.39, 0.29) is 6.54 Å². The summed E-state index contributed by atoms with van der Waals surface area (Å²) in [6.45, 7) is 5.88. The minimum absolute atomic E-state index is 0.253. The van der Waals surface area contributed by atoms with Crippen LogP contribution in [0, 0.1) is 13.8 Å². The summed E-state index contributed by atoms with van der Waals surface area (Å²) in [6, 6.07) is 13.5. The van der Waals surface area contributed by atoms with Crippen LogP contribution in [0.1, 0.15) is 53.0 Å². The lowest BCUT2D eigenvalue weighted by atomic mass is 10.1. The Morgan fingerprint density at radius 3 is 2.34 bits per heavy atom. The molecule has 0 saturated carbocycles. The van der Waals surface area contributed by atoms with Crippen molar-refractivity contribution in [3.63, 3.8) is 0 Å². The number of carbonyl (C=O) groups excluding carboxylic acids is 2. The lowest BCUT2D eigenvalue weighted by Crippen LogP contribution is -2.31. The van der Waals surface area contributed by atoms with Gasteiger partial charge in [0, 0.05) is 25.8 Å². The highest BCUT2D eigenvalue weighted by molar-refractivity contribution is 6.43. The van der Waals surface area contributed by atoms with Crippen LogP contribution in [-0.2, 0) is 11.3 Å². The number of hydrogen-bond donors (Lipinski definition) is 1. The maximum absolute atomic E-state index is 12.9. The van der Waals surface area contributed by atoms with Gasteiger partial charge in [0.05, 0.1) is 22.6 Å². The van der Waals surface area contributed by atoms with Crippen molar-refractivity contribution < 1.29 is 9.59 Å². The van der Waals surface area contributed by atoms with E-state index >= 15 is 0 Å². The molecule has 3 aromatic rings. The summed E-state index contributed by atoms with van der Waals surface area (Å²) in [4.78, 5) is 32.3. The van der Waals surface area contributed by atoms with Crippen molar-refractivity contribution in [2.24, 2.45) is 0 Å². The Kier molecular flexibility index (Phi) is 6.63. The topological polar surface area (TPSA) is 80.1 Å². The monoisotopic (exact) mass is 431 g/mol. The second-order valence-electron chi connectivity index (χ2n) is 8.23. The molecule has 1 N–H and O–H groups in total. The fraction of sp³-hybridized carbons (Fsp3) is 0.360. The minimum atomic E-state index is -0.639. The van der Waals surface area contributed by atoms with Gasteiger partial charge in [0.25, 0.3) is 11.7 Å². The summed E-state index contributed by atoms with van der Waals surface area (Å²) in [5, 5.41) is 7.19. The minimum Gasteiger partial charge on any atom is -0.357 e. The number of aryl methyl sites for hydroxylation is 1. The summed E-state index contributed by atoms with van der Waals surface area (Å²) < 4.78 is 1.70. The number of amides is 1. The molecule has 1 saturated heterocycles. The van der Waals surface area contributed by atoms with Crippen LogP contribution in [0.4, 0.5) is 5.82 Å². The summed E-state index contributed by atoms with van der Waals surface area (Å²) in [6.07, 6.45) is 6.72. The molecule has 1 amide bonds. The Labute approximate surface area is 188 Å². The van der Waals surface area contributed by atoms with Gasteiger partial charge in [0.15, 0.2) is 0 Å². The summed E-state index contributed by atoms with van der Waals surface area (Å²) in [5.74, 6) is -0.241. The zero-order valence-corrected chi connectivity index (χ0v) is 18.7. The molecule has 0 radical (unpaired) electrons. The van der Waals surface area contributed by atoms with Crippen LogP contribution < -0.4 is 10.2 Å². The number of anilines is 1. The third-order valence-electron chi connectivity index (χ3n) is 5.92. The maximum atomic E-state index is 12.9. The molecule has 1 aliphatic heterocycles. The Bertz CT molecular complexity index is 1080. The molecule has 1 aliphatic rings. The molecule has 4 rings (SSSR count). The third kappa shape index (κ3) is 4.72. The molecule has 0 bridgehead atoms. The van der Waals surface area contributed by atoms with Crippen molar-refractivity contribution in [2.75, 3.05) is 18.0 Å². The number of Topliss-reactive ketones (excluding diaryl/α,β-unsaturated/α-hetero) is 1. The van der Waals surface area contributed by atoms with Crippen molar-refractivity contribution in [2.45, 2.75) is 46.1 Å². The van der Waals surface area contributed by atoms with Crippen LogP contribution in [0.3, 0.4) is 0 Å². The second kappa shape index (κ2) is 9.77. The molecule has 0 unspecified atom stereocenters. The van der Waals surface area contributed by atoms with Crippen molar-refractivity contribution in [3.05, 3.63) is 71.2 Å². The van der Waals surface area contributed by atoms with E-state index < -0.39 is 11.7 Å². The maximum Gasteiger partial charge on any atom is 0.292 e. The van der Waals surface area contributed by atoms with E-state index in [1.807, 2.05) is 42.5 Å². The van der Waals surface area contributed by atoms with Crippen molar-refractivity contribution in [3.8, 4) is 5.69 Å². The van der Waals surface area contributed by atoms with Gasteiger partial charge in [-0.3, -0.25) is 9.59 Å². The standard InChI is InChI=1S/C25H29N5O2/c1-18-23(19(2)30(28-18)21-10-6-5-7-11-21)24(31)25(32)27-17-20-12-13-22(26-16-20)29-14-8-3-4-9-15-29/h5-7,10-13,16H,3-4,8-9,14-15,17H2,1-2H3,(H,27,32). The molecular formula is C25H29N5O2. The Balaban J connectivity index is 1.40. The molecule has 0 spiro atoms. The SMILES string of the molecule is Cc1nn(-c2ccccc2)c(C)c1C(=O)C(=O)NCc1ccc(N2CCCCCC2)nc1. The highest BCUT2D eigenvalue weighted by Crippen LogP contribution is 2.19. The predicted octanol–water partition coefficient (Wildman–Crippen LogP) is 3.76. The number of nitrogens with zero attached hydrogens (tertiary/aromatic N) is 4. The zero-order chi connectivity index (χ0) is 22.5. The molecule has 1 aromatic carbocycles. The molecule has 1 fully saturated rings. The van der Waals surface area contributed by atoms with E-state index in [9.17, 15) is 9.59 Å². The number of hydrogen-bond acceptors (Lipinski definition) is 5. The molecule has 2 aromatic heterocycles. The number of pyridine rings is 1. The average Bonchev–Trinajstić information content (AvgIpc) is 2.99. The van der Waals surface area contributed by atoms with Crippen LogP contribution in [0.25, 0.3) is 5.69 Å². The van der Waals surface area contributed by atoms with E-state index in [2.05, 4.69) is 20.3 Å². The average molecular weight is 432 g/mol. The Morgan fingerprint density at radius 2 is 1.69 bits per heavy atom. The highest BCUT2D eigenvalue weighted by Gasteiger charge is 2.25. The number of nitrogens with one attached hydrogen (secondary N) is 1. The van der Waals surface area contributed by atoms with Gasteiger partial charge in [-0.05, 0) is 50.5 Å². The van der Waals surface area contributed by atoms with E-state index in [4.69, 9.17) is 0 Å². The lowest BCUT2D eigenvalue weighted by molar-refractivity contribution is -0.117. The summed E-state index contributed by atoms with van der Waals surface area (Å²) in [7, 11) is 0. The molecule has 0 atom stereocenters. The first-order chi connectivity index (χ1) is 15.5. The summed E-state index contributed by atoms with van der Waals surface area (Å²) in [5.41, 5.74) is 3.24. The molecule has 166 valence electrons.